The molecule has 0 aliphatic heterocycles. The van der Waals surface area contributed by atoms with Crippen molar-refractivity contribution in [2.24, 2.45) is 0 Å². The molecule has 0 bridgehead atoms. The Kier molecular flexibility index (Phi) is 6.77. The number of pyridine rings is 2. The average Bonchev–Trinajstić information content (AvgIpc) is 3.43. The zero-order valence-corrected chi connectivity index (χ0v) is 24.5. The van der Waals surface area contributed by atoms with Crippen molar-refractivity contribution in [3.63, 3.8) is 0 Å². The van der Waals surface area contributed by atoms with Crippen LogP contribution in [-0.4, -0.2) is 34.1 Å². The van der Waals surface area contributed by atoms with Crippen LogP contribution in [0, 0.1) is 0 Å². The average molecular weight is 596 g/mol. The zero-order valence-electron chi connectivity index (χ0n) is 24.5. The van der Waals surface area contributed by atoms with Crippen molar-refractivity contribution in [3.8, 4) is 56.9 Å². The Balaban J connectivity index is 1.23. The highest BCUT2D eigenvalue weighted by Crippen LogP contribution is 2.30. The minimum absolute atomic E-state index is 0.238. The van der Waals surface area contributed by atoms with Gasteiger partial charge in [-0.05, 0) is 47.5 Å². The minimum Gasteiger partial charge on any atom is -0.247 e. The van der Waals surface area contributed by atoms with Crippen LogP contribution in [0.1, 0.15) is 0 Å². The molecule has 0 aliphatic carbocycles. The lowest BCUT2D eigenvalue weighted by atomic mass is 10.0. The van der Waals surface area contributed by atoms with E-state index < -0.39 is 0 Å². The van der Waals surface area contributed by atoms with Crippen LogP contribution in [0.2, 0.25) is 0 Å². The van der Waals surface area contributed by atoms with E-state index in [0.29, 0.717) is 29.1 Å². The van der Waals surface area contributed by atoms with E-state index in [1.807, 2.05) is 140 Å². The summed E-state index contributed by atoms with van der Waals surface area (Å²) in [4.78, 5) is 37.3. The molecule has 0 atom stereocenters. The normalized spacial score (nSPS) is 11.1. The Bertz CT molecular complexity index is 2300. The third kappa shape index (κ3) is 4.93. The molecule has 0 N–H and O–H groups in total. The van der Waals surface area contributed by atoms with Gasteiger partial charge in [0.1, 0.15) is 11.6 Å². The monoisotopic (exact) mass is 595 g/mol. The molecule has 46 heavy (non-hydrogen) atoms. The molecule has 0 radical (unpaired) electrons. The van der Waals surface area contributed by atoms with E-state index in [9.17, 15) is 4.79 Å². The molecule has 0 aliphatic rings. The van der Waals surface area contributed by atoms with Gasteiger partial charge in [-0.1, -0.05) is 103 Å². The minimum atomic E-state index is -0.238. The summed E-state index contributed by atoms with van der Waals surface area (Å²) in [6.45, 7) is 0. The molecule has 0 saturated carbocycles. The fraction of sp³-hybridized carbons (Fsp3) is 0. The third-order valence-electron chi connectivity index (χ3n) is 7.77. The second-order valence-corrected chi connectivity index (χ2v) is 10.6. The first kappa shape index (κ1) is 27.0. The highest BCUT2D eigenvalue weighted by atomic mass is 16.1. The van der Waals surface area contributed by atoms with Gasteiger partial charge < -0.3 is 0 Å². The summed E-state index contributed by atoms with van der Waals surface area (Å²) in [5, 5.41) is 0. The topological polar surface area (TPSA) is 91.4 Å². The van der Waals surface area contributed by atoms with Gasteiger partial charge in [-0.15, -0.1) is 0 Å². The van der Waals surface area contributed by atoms with Gasteiger partial charge in [-0.3, -0.25) is 0 Å². The second kappa shape index (κ2) is 11.5. The number of benzene rings is 4. The number of rotatable bonds is 6. The predicted molar refractivity (Wildman–Crippen MR) is 180 cm³/mol. The van der Waals surface area contributed by atoms with Gasteiger partial charge in [0.25, 0.3) is 0 Å². The van der Waals surface area contributed by atoms with Gasteiger partial charge in [-0.2, -0.15) is 0 Å². The third-order valence-corrected chi connectivity index (χ3v) is 7.77. The maximum atomic E-state index is 13.8. The van der Waals surface area contributed by atoms with Crippen LogP contribution in [0.15, 0.2) is 157 Å². The largest absolute Gasteiger partial charge is 0.340 e. The van der Waals surface area contributed by atoms with Gasteiger partial charge in [-0.25, -0.2) is 38.8 Å². The summed E-state index contributed by atoms with van der Waals surface area (Å²) in [6.07, 6.45) is 3.36. The first-order chi connectivity index (χ1) is 22.7. The fourth-order valence-corrected chi connectivity index (χ4v) is 5.54. The van der Waals surface area contributed by atoms with Crippen molar-refractivity contribution in [2.75, 3.05) is 0 Å². The Hall–Kier alpha value is -6.54. The molecule has 0 amide bonds. The predicted octanol–water partition coefficient (Wildman–Crippen LogP) is 7.42. The van der Waals surface area contributed by atoms with E-state index in [1.54, 1.807) is 21.5 Å². The fourth-order valence-electron chi connectivity index (χ4n) is 5.54. The number of aromatic nitrogens is 7. The zero-order chi connectivity index (χ0) is 30.9. The summed E-state index contributed by atoms with van der Waals surface area (Å²) in [7, 11) is 0. The molecule has 0 fully saturated rings. The van der Waals surface area contributed by atoms with Gasteiger partial charge in [0.05, 0.1) is 11.0 Å². The van der Waals surface area contributed by atoms with Gasteiger partial charge in [0, 0.05) is 29.1 Å². The molecule has 8 rings (SSSR count). The summed E-state index contributed by atoms with van der Waals surface area (Å²) >= 11 is 0. The number of imidazole rings is 1. The van der Waals surface area contributed by atoms with Crippen LogP contribution >= 0.6 is 0 Å². The van der Waals surface area contributed by atoms with Crippen molar-refractivity contribution in [1.29, 1.82) is 0 Å². The maximum absolute atomic E-state index is 13.8. The molecule has 0 unspecified atom stereocenters. The lowest BCUT2D eigenvalue weighted by Gasteiger charge is -2.09. The van der Waals surface area contributed by atoms with E-state index in [0.717, 1.165) is 38.9 Å². The van der Waals surface area contributed by atoms with Gasteiger partial charge >= 0.3 is 5.69 Å². The highest BCUT2D eigenvalue weighted by Gasteiger charge is 2.18. The molecule has 8 heteroatoms. The number of fused-ring (bicyclic) bond motifs is 1. The second-order valence-electron chi connectivity index (χ2n) is 10.6. The number of hydrogen-bond acceptors (Lipinski definition) is 6. The smallest absolute Gasteiger partial charge is 0.247 e. The Morgan fingerprint density at radius 3 is 1.33 bits per heavy atom. The quantitative estimate of drug-likeness (QED) is 0.199. The van der Waals surface area contributed by atoms with Crippen molar-refractivity contribution < 1.29 is 0 Å². The molecule has 4 aromatic carbocycles. The summed E-state index contributed by atoms with van der Waals surface area (Å²) in [5.41, 5.74) is 5.88. The molecule has 4 heterocycles. The Labute approximate surface area is 264 Å². The van der Waals surface area contributed by atoms with Crippen LogP contribution in [0.25, 0.3) is 68.0 Å². The lowest BCUT2D eigenvalue weighted by Crippen LogP contribution is -2.23. The summed E-state index contributed by atoms with van der Waals surface area (Å²) in [5.74, 6) is 2.91. The van der Waals surface area contributed by atoms with Crippen LogP contribution in [0.5, 0.6) is 0 Å². The van der Waals surface area contributed by atoms with Gasteiger partial charge in [0.2, 0.25) is 0 Å². The summed E-state index contributed by atoms with van der Waals surface area (Å²) < 4.78 is 3.25. The standard InChI is InChI=1S/C38H25N7O/c46-38-44(33-15-7-9-23-39-33)31-22-21-30(25-32(31)45(38)34-16-8-10-24-40-34)26-17-19-29(20-18-26)37-42-35(27-11-3-1-4-12-27)41-36(43-37)28-13-5-2-6-14-28/h1-25H. The highest BCUT2D eigenvalue weighted by molar-refractivity contribution is 5.85. The maximum Gasteiger partial charge on any atom is 0.340 e. The molecule has 8 aromatic rings. The van der Waals surface area contributed by atoms with E-state index in [-0.39, 0.29) is 5.69 Å². The van der Waals surface area contributed by atoms with Crippen LogP contribution < -0.4 is 5.69 Å². The molecule has 8 nitrogen and oxygen atoms in total. The molecular formula is C38H25N7O. The van der Waals surface area contributed by atoms with E-state index in [2.05, 4.69) is 9.97 Å². The lowest BCUT2D eigenvalue weighted by molar-refractivity contribution is 0.885. The molecular weight excluding hydrogens is 570 g/mol. The van der Waals surface area contributed by atoms with Gasteiger partial charge in [0.15, 0.2) is 17.5 Å². The van der Waals surface area contributed by atoms with E-state index in [4.69, 9.17) is 15.0 Å². The first-order valence-electron chi connectivity index (χ1n) is 14.8. The van der Waals surface area contributed by atoms with Crippen molar-refractivity contribution in [2.45, 2.75) is 0 Å². The number of hydrogen-bond donors (Lipinski definition) is 0. The summed E-state index contributed by atoms with van der Waals surface area (Å²) in [6, 6.07) is 45.0. The van der Waals surface area contributed by atoms with Crippen molar-refractivity contribution in [1.82, 2.24) is 34.1 Å². The Morgan fingerprint density at radius 2 is 0.826 bits per heavy atom. The van der Waals surface area contributed by atoms with Crippen LogP contribution in [-0.2, 0) is 0 Å². The molecule has 0 saturated heterocycles. The van der Waals surface area contributed by atoms with Crippen LogP contribution in [0.4, 0.5) is 0 Å². The van der Waals surface area contributed by atoms with E-state index >= 15 is 0 Å². The molecule has 0 spiro atoms. The molecule has 218 valence electrons. The van der Waals surface area contributed by atoms with Crippen LogP contribution in [0.3, 0.4) is 0 Å². The Morgan fingerprint density at radius 1 is 0.391 bits per heavy atom. The first-order valence-corrected chi connectivity index (χ1v) is 14.8. The van der Waals surface area contributed by atoms with E-state index in [1.165, 1.54) is 0 Å². The SMILES string of the molecule is O=c1n(-c2ccccn2)c2ccc(-c3ccc(-c4nc(-c5ccccc5)nc(-c5ccccc5)n4)cc3)cc2n1-c1ccccn1. The number of nitrogens with zero attached hydrogens (tertiary/aromatic N) is 7. The van der Waals surface area contributed by atoms with Crippen molar-refractivity contribution in [3.05, 3.63) is 162 Å². The molecule has 4 aromatic heterocycles. The van der Waals surface area contributed by atoms with Crippen molar-refractivity contribution >= 4 is 11.0 Å².